The van der Waals surface area contributed by atoms with Crippen LogP contribution in [0.4, 0.5) is 0 Å². The molecule has 1 aromatic heterocycles. The average molecular weight is 252 g/mol. The van der Waals surface area contributed by atoms with E-state index in [0.717, 1.165) is 12.8 Å². The van der Waals surface area contributed by atoms with Crippen LogP contribution in [0.5, 0.6) is 0 Å². The first-order valence-corrected chi connectivity index (χ1v) is 6.25. The summed E-state index contributed by atoms with van der Waals surface area (Å²) in [5.74, 6) is -0.182. The van der Waals surface area contributed by atoms with E-state index in [1.54, 1.807) is 0 Å². The molecule has 7 heteroatoms. The minimum Gasteiger partial charge on any atom is -0.380 e. The SMILES string of the molecule is O=C(NC1CC1)c1noc(C2(O)CCNCC2)n1. The molecule has 3 rings (SSSR count). The van der Waals surface area contributed by atoms with Gasteiger partial charge in [0, 0.05) is 6.04 Å². The molecule has 0 bridgehead atoms. The molecule has 1 saturated heterocycles. The van der Waals surface area contributed by atoms with Crippen LogP contribution in [0, 0.1) is 0 Å². The Labute approximate surface area is 104 Å². The average Bonchev–Trinajstić information content (AvgIpc) is 3.03. The maximum Gasteiger partial charge on any atom is 0.292 e. The van der Waals surface area contributed by atoms with Gasteiger partial charge in [0.1, 0.15) is 5.60 Å². The zero-order chi connectivity index (χ0) is 12.6. The Morgan fingerprint density at radius 2 is 2.17 bits per heavy atom. The Kier molecular flexibility index (Phi) is 2.79. The number of hydrogen-bond acceptors (Lipinski definition) is 6. The van der Waals surface area contributed by atoms with Crippen LogP contribution in [0.25, 0.3) is 0 Å². The first-order valence-electron chi connectivity index (χ1n) is 6.25. The van der Waals surface area contributed by atoms with E-state index in [-0.39, 0.29) is 23.7 Å². The molecule has 1 aliphatic carbocycles. The van der Waals surface area contributed by atoms with Gasteiger partial charge in [0.2, 0.25) is 0 Å². The summed E-state index contributed by atoms with van der Waals surface area (Å²) in [6.45, 7) is 1.39. The molecule has 1 aromatic rings. The van der Waals surface area contributed by atoms with E-state index in [0.29, 0.717) is 25.9 Å². The van der Waals surface area contributed by atoms with Crippen LogP contribution in [-0.2, 0) is 5.60 Å². The Hall–Kier alpha value is -1.47. The molecule has 0 radical (unpaired) electrons. The number of piperidine rings is 1. The third-order valence-electron chi connectivity index (χ3n) is 3.37. The highest BCUT2D eigenvalue weighted by Gasteiger charge is 2.38. The highest BCUT2D eigenvalue weighted by atomic mass is 16.5. The maximum atomic E-state index is 11.7. The van der Waals surface area contributed by atoms with Crippen LogP contribution in [0.3, 0.4) is 0 Å². The third-order valence-corrected chi connectivity index (χ3v) is 3.37. The smallest absolute Gasteiger partial charge is 0.292 e. The summed E-state index contributed by atoms with van der Waals surface area (Å²) < 4.78 is 5.03. The number of rotatable bonds is 3. The summed E-state index contributed by atoms with van der Waals surface area (Å²) in [5, 5.41) is 19.9. The fraction of sp³-hybridized carbons (Fsp3) is 0.727. The molecule has 18 heavy (non-hydrogen) atoms. The van der Waals surface area contributed by atoms with Crippen molar-refractivity contribution in [1.29, 1.82) is 0 Å². The molecular formula is C11H16N4O3. The lowest BCUT2D eigenvalue weighted by atomic mass is 9.92. The van der Waals surface area contributed by atoms with Crippen molar-refractivity contribution in [2.45, 2.75) is 37.3 Å². The standard InChI is InChI=1S/C11H16N4O3/c16-9(13-7-1-2-7)8-14-10(18-15-8)11(17)3-5-12-6-4-11/h7,12,17H,1-6H2,(H,13,16). The number of aliphatic hydroxyl groups is 1. The summed E-state index contributed by atoms with van der Waals surface area (Å²) in [5.41, 5.74) is -1.10. The Bertz CT molecular complexity index is 449. The van der Waals surface area contributed by atoms with E-state index in [1.165, 1.54) is 0 Å². The molecule has 0 spiro atoms. The molecule has 1 amide bonds. The number of nitrogens with zero attached hydrogens (tertiary/aromatic N) is 2. The molecule has 1 saturated carbocycles. The molecule has 0 atom stereocenters. The Morgan fingerprint density at radius 1 is 1.44 bits per heavy atom. The van der Waals surface area contributed by atoms with Crippen LogP contribution in [0.2, 0.25) is 0 Å². The number of carbonyl (C=O) groups is 1. The van der Waals surface area contributed by atoms with E-state index < -0.39 is 5.60 Å². The molecule has 3 N–H and O–H groups in total. The second-order valence-corrected chi connectivity index (χ2v) is 4.95. The van der Waals surface area contributed by atoms with Gasteiger partial charge in [-0.3, -0.25) is 4.79 Å². The summed E-state index contributed by atoms with van der Waals surface area (Å²) in [4.78, 5) is 15.7. The predicted octanol–water partition coefficient (Wildman–Crippen LogP) is -0.467. The summed E-state index contributed by atoms with van der Waals surface area (Å²) in [6.07, 6.45) is 3.04. The van der Waals surface area contributed by atoms with Crippen LogP contribution in [-0.4, -0.2) is 40.3 Å². The maximum absolute atomic E-state index is 11.7. The van der Waals surface area contributed by atoms with E-state index in [2.05, 4.69) is 20.8 Å². The monoisotopic (exact) mass is 252 g/mol. The topological polar surface area (TPSA) is 100 Å². The van der Waals surface area contributed by atoms with Gasteiger partial charge >= 0.3 is 0 Å². The van der Waals surface area contributed by atoms with Crippen LogP contribution < -0.4 is 10.6 Å². The van der Waals surface area contributed by atoms with Crippen molar-refractivity contribution < 1.29 is 14.4 Å². The minimum absolute atomic E-state index is 0.00357. The van der Waals surface area contributed by atoms with Crippen molar-refractivity contribution in [3.8, 4) is 0 Å². The van der Waals surface area contributed by atoms with Gasteiger partial charge in [0.15, 0.2) is 0 Å². The van der Waals surface area contributed by atoms with Crippen LogP contribution >= 0.6 is 0 Å². The molecule has 0 aromatic carbocycles. The van der Waals surface area contributed by atoms with Gasteiger partial charge in [-0.15, -0.1) is 0 Å². The molecule has 2 heterocycles. The van der Waals surface area contributed by atoms with Crippen molar-refractivity contribution in [1.82, 2.24) is 20.8 Å². The number of amides is 1. The summed E-state index contributed by atoms with van der Waals surface area (Å²) >= 11 is 0. The van der Waals surface area contributed by atoms with Crippen molar-refractivity contribution in [3.63, 3.8) is 0 Å². The van der Waals surface area contributed by atoms with E-state index in [4.69, 9.17) is 4.52 Å². The Balaban J connectivity index is 1.73. The zero-order valence-electron chi connectivity index (χ0n) is 9.98. The molecule has 2 aliphatic rings. The normalized spacial score (nSPS) is 22.7. The number of carbonyl (C=O) groups excluding carboxylic acids is 1. The van der Waals surface area contributed by atoms with Gasteiger partial charge in [-0.25, -0.2) is 0 Å². The lowest BCUT2D eigenvalue weighted by Crippen LogP contribution is -2.40. The Morgan fingerprint density at radius 3 is 2.83 bits per heavy atom. The zero-order valence-corrected chi connectivity index (χ0v) is 9.98. The van der Waals surface area contributed by atoms with Crippen LogP contribution in [0.1, 0.15) is 42.2 Å². The van der Waals surface area contributed by atoms with Crippen LogP contribution in [0.15, 0.2) is 4.52 Å². The van der Waals surface area contributed by atoms with E-state index >= 15 is 0 Å². The largest absolute Gasteiger partial charge is 0.380 e. The molecule has 7 nitrogen and oxygen atoms in total. The van der Waals surface area contributed by atoms with Crippen molar-refractivity contribution in [2.24, 2.45) is 0 Å². The molecule has 1 aliphatic heterocycles. The van der Waals surface area contributed by atoms with Crippen molar-refractivity contribution in [3.05, 3.63) is 11.7 Å². The summed E-state index contributed by atoms with van der Waals surface area (Å²) in [7, 11) is 0. The number of aromatic nitrogens is 2. The van der Waals surface area contributed by atoms with E-state index in [1.807, 2.05) is 0 Å². The van der Waals surface area contributed by atoms with Gasteiger partial charge in [0.25, 0.3) is 17.6 Å². The van der Waals surface area contributed by atoms with Crippen molar-refractivity contribution in [2.75, 3.05) is 13.1 Å². The predicted molar refractivity (Wildman–Crippen MR) is 60.8 cm³/mol. The number of hydrogen-bond donors (Lipinski definition) is 3. The number of nitrogens with one attached hydrogen (secondary N) is 2. The molecule has 2 fully saturated rings. The third kappa shape index (κ3) is 2.23. The van der Waals surface area contributed by atoms with Gasteiger partial charge < -0.3 is 20.3 Å². The second kappa shape index (κ2) is 4.33. The highest BCUT2D eigenvalue weighted by Crippen LogP contribution is 2.29. The lowest BCUT2D eigenvalue weighted by molar-refractivity contribution is -0.0228. The van der Waals surface area contributed by atoms with Crippen molar-refractivity contribution >= 4 is 5.91 Å². The lowest BCUT2D eigenvalue weighted by Gasteiger charge is -2.28. The fourth-order valence-electron chi connectivity index (χ4n) is 2.04. The molecule has 0 unspecified atom stereocenters. The molecular weight excluding hydrogens is 236 g/mol. The second-order valence-electron chi connectivity index (χ2n) is 4.95. The quantitative estimate of drug-likeness (QED) is 0.672. The fourth-order valence-corrected chi connectivity index (χ4v) is 2.04. The first-order chi connectivity index (χ1) is 8.67. The summed E-state index contributed by atoms with van der Waals surface area (Å²) in [6, 6.07) is 0.251. The molecule has 98 valence electrons. The first kappa shape index (κ1) is 11.6. The van der Waals surface area contributed by atoms with Gasteiger partial charge in [-0.2, -0.15) is 4.98 Å². The van der Waals surface area contributed by atoms with Gasteiger partial charge in [-0.1, -0.05) is 5.16 Å². The minimum atomic E-state index is -1.10. The highest BCUT2D eigenvalue weighted by molar-refractivity contribution is 5.90. The van der Waals surface area contributed by atoms with E-state index in [9.17, 15) is 9.90 Å². The van der Waals surface area contributed by atoms with Gasteiger partial charge in [0.05, 0.1) is 0 Å². The van der Waals surface area contributed by atoms with Gasteiger partial charge in [-0.05, 0) is 38.8 Å².